The van der Waals surface area contributed by atoms with Crippen molar-refractivity contribution in [3.63, 3.8) is 0 Å². The molecule has 0 unspecified atom stereocenters. The molecule has 0 aromatic carbocycles. The summed E-state index contributed by atoms with van der Waals surface area (Å²) in [5.74, 6) is 0.121. The van der Waals surface area contributed by atoms with Crippen molar-refractivity contribution in [1.82, 2.24) is 10.6 Å². The standard InChI is InChI=1S/C12H26N2O/c1-5-10(6-2)13-9-12(15)14-11(7-3)8-4/h10-11,13H,5-9H2,1-4H3,(H,14,15). The van der Waals surface area contributed by atoms with Gasteiger partial charge >= 0.3 is 0 Å². The van der Waals surface area contributed by atoms with E-state index in [-0.39, 0.29) is 5.91 Å². The van der Waals surface area contributed by atoms with E-state index in [2.05, 4.69) is 38.3 Å². The highest BCUT2D eigenvalue weighted by atomic mass is 16.1. The van der Waals surface area contributed by atoms with Crippen LogP contribution in [0.3, 0.4) is 0 Å². The van der Waals surface area contributed by atoms with Gasteiger partial charge in [-0.1, -0.05) is 27.7 Å². The maximum atomic E-state index is 11.5. The van der Waals surface area contributed by atoms with Crippen LogP contribution in [0.2, 0.25) is 0 Å². The smallest absolute Gasteiger partial charge is 0.234 e. The maximum absolute atomic E-state index is 11.5. The molecule has 0 aliphatic carbocycles. The second kappa shape index (κ2) is 8.72. The predicted octanol–water partition coefficient (Wildman–Crippen LogP) is 2.07. The van der Waals surface area contributed by atoms with Crippen molar-refractivity contribution in [1.29, 1.82) is 0 Å². The molecule has 3 nitrogen and oxygen atoms in total. The zero-order valence-electron chi connectivity index (χ0n) is 10.6. The van der Waals surface area contributed by atoms with Gasteiger partial charge in [0.25, 0.3) is 0 Å². The minimum Gasteiger partial charge on any atom is -0.352 e. The van der Waals surface area contributed by atoms with Gasteiger partial charge in [-0.3, -0.25) is 4.79 Å². The molecule has 1 amide bonds. The minimum atomic E-state index is 0.121. The molecule has 0 aromatic heterocycles. The molecule has 0 aliphatic heterocycles. The molecule has 0 saturated heterocycles. The average molecular weight is 214 g/mol. The molecule has 0 aliphatic rings. The van der Waals surface area contributed by atoms with E-state index in [9.17, 15) is 4.79 Å². The van der Waals surface area contributed by atoms with Crippen molar-refractivity contribution >= 4 is 5.91 Å². The third-order valence-electron chi connectivity index (χ3n) is 2.89. The van der Waals surface area contributed by atoms with Crippen molar-refractivity contribution in [2.45, 2.75) is 65.5 Å². The normalized spacial score (nSPS) is 11.1. The number of carbonyl (C=O) groups is 1. The maximum Gasteiger partial charge on any atom is 0.234 e. The van der Waals surface area contributed by atoms with Gasteiger partial charge in [-0.25, -0.2) is 0 Å². The quantitative estimate of drug-likeness (QED) is 0.649. The van der Waals surface area contributed by atoms with Gasteiger partial charge in [0.15, 0.2) is 0 Å². The largest absolute Gasteiger partial charge is 0.352 e. The first-order valence-electron chi connectivity index (χ1n) is 6.20. The summed E-state index contributed by atoms with van der Waals surface area (Å²) in [6.07, 6.45) is 4.17. The minimum absolute atomic E-state index is 0.121. The Hall–Kier alpha value is -0.570. The number of nitrogens with one attached hydrogen (secondary N) is 2. The highest BCUT2D eigenvalue weighted by Crippen LogP contribution is 1.97. The molecule has 0 heterocycles. The molecule has 0 rings (SSSR count). The zero-order chi connectivity index (χ0) is 11.7. The van der Waals surface area contributed by atoms with Crippen molar-refractivity contribution in [2.24, 2.45) is 0 Å². The number of amides is 1. The summed E-state index contributed by atoms with van der Waals surface area (Å²) in [5, 5.41) is 6.28. The Kier molecular flexibility index (Phi) is 8.38. The monoisotopic (exact) mass is 214 g/mol. The first-order valence-corrected chi connectivity index (χ1v) is 6.20. The van der Waals surface area contributed by atoms with Crippen molar-refractivity contribution in [2.75, 3.05) is 6.54 Å². The van der Waals surface area contributed by atoms with E-state index in [1.165, 1.54) is 0 Å². The topological polar surface area (TPSA) is 41.1 Å². The van der Waals surface area contributed by atoms with Gasteiger partial charge in [0.05, 0.1) is 6.54 Å². The van der Waals surface area contributed by atoms with Crippen LogP contribution in [0, 0.1) is 0 Å². The van der Waals surface area contributed by atoms with E-state index >= 15 is 0 Å². The summed E-state index contributed by atoms with van der Waals surface area (Å²) in [7, 11) is 0. The summed E-state index contributed by atoms with van der Waals surface area (Å²) in [4.78, 5) is 11.5. The Balaban J connectivity index is 3.73. The number of hydrogen-bond donors (Lipinski definition) is 2. The third-order valence-corrected chi connectivity index (χ3v) is 2.89. The second-order valence-corrected chi connectivity index (χ2v) is 3.98. The lowest BCUT2D eigenvalue weighted by Crippen LogP contribution is -2.42. The fourth-order valence-corrected chi connectivity index (χ4v) is 1.59. The summed E-state index contributed by atoms with van der Waals surface area (Å²) < 4.78 is 0. The van der Waals surface area contributed by atoms with Crippen LogP contribution in [-0.2, 0) is 4.79 Å². The molecule has 0 aromatic rings. The zero-order valence-corrected chi connectivity index (χ0v) is 10.6. The summed E-state index contributed by atoms with van der Waals surface area (Å²) in [5.41, 5.74) is 0. The number of rotatable bonds is 8. The molecular formula is C12H26N2O. The Bertz CT molecular complexity index is 163. The lowest BCUT2D eigenvalue weighted by atomic mass is 10.1. The molecule has 0 radical (unpaired) electrons. The number of carbonyl (C=O) groups excluding carboxylic acids is 1. The van der Waals surface area contributed by atoms with Crippen LogP contribution in [-0.4, -0.2) is 24.5 Å². The summed E-state index contributed by atoms with van der Waals surface area (Å²) in [6.45, 7) is 8.92. The molecule has 90 valence electrons. The van der Waals surface area contributed by atoms with E-state index in [1.54, 1.807) is 0 Å². The van der Waals surface area contributed by atoms with Crippen LogP contribution >= 0.6 is 0 Å². The Labute approximate surface area is 94.0 Å². The third kappa shape index (κ3) is 6.50. The fraction of sp³-hybridized carbons (Fsp3) is 0.917. The van der Waals surface area contributed by atoms with Gasteiger partial charge in [0, 0.05) is 12.1 Å². The van der Waals surface area contributed by atoms with Crippen LogP contribution in [0.5, 0.6) is 0 Å². The Morgan fingerprint density at radius 3 is 1.80 bits per heavy atom. The first-order chi connectivity index (χ1) is 7.17. The Morgan fingerprint density at radius 1 is 0.933 bits per heavy atom. The fourth-order valence-electron chi connectivity index (χ4n) is 1.59. The van der Waals surface area contributed by atoms with E-state index in [0.717, 1.165) is 25.7 Å². The van der Waals surface area contributed by atoms with Crippen LogP contribution in [0.25, 0.3) is 0 Å². The predicted molar refractivity (Wildman–Crippen MR) is 64.9 cm³/mol. The Morgan fingerprint density at radius 2 is 1.40 bits per heavy atom. The highest BCUT2D eigenvalue weighted by molar-refractivity contribution is 5.78. The van der Waals surface area contributed by atoms with Gasteiger partial charge in [-0.15, -0.1) is 0 Å². The lowest BCUT2D eigenvalue weighted by Gasteiger charge is -2.17. The van der Waals surface area contributed by atoms with Crippen LogP contribution in [0.15, 0.2) is 0 Å². The van der Waals surface area contributed by atoms with Gasteiger partial charge in [-0.05, 0) is 25.7 Å². The van der Waals surface area contributed by atoms with Crippen molar-refractivity contribution in [3.05, 3.63) is 0 Å². The van der Waals surface area contributed by atoms with Gasteiger partial charge in [0.2, 0.25) is 5.91 Å². The van der Waals surface area contributed by atoms with Gasteiger partial charge < -0.3 is 10.6 Å². The summed E-state index contributed by atoms with van der Waals surface area (Å²) >= 11 is 0. The second-order valence-electron chi connectivity index (χ2n) is 3.98. The van der Waals surface area contributed by atoms with Crippen molar-refractivity contribution < 1.29 is 4.79 Å². The average Bonchev–Trinajstić information content (AvgIpc) is 2.27. The van der Waals surface area contributed by atoms with Gasteiger partial charge in [-0.2, -0.15) is 0 Å². The van der Waals surface area contributed by atoms with E-state index in [0.29, 0.717) is 18.6 Å². The molecule has 0 spiro atoms. The lowest BCUT2D eigenvalue weighted by molar-refractivity contribution is -0.121. The summed E-state index contributed by atoms with van der Waals surface area (Å²) in [6, 6.07) is 0.804. The van der Waals surface area contributed by atoms with Crippen molar-refractivity contribution in [3.8, 4) is 0 Å². The molecule has 0 saturated carbocycles. The molecule has 0 atom stereocenters. The highest BCUT2D eigenvalue weighted by Gasteiger charge is 2.09. The molecule has 0 fully saturated rings. The number of hydrogen-bond acceptors (Lipinski definition) is 2. The first kappa shape index (κ1) is 14.4. The SMILES string of the molecule is CCC(CC)NCC(=O)NC(CC)CC. The molecule has 15 heavy (non-hydrogen) atoms. The van der Waals surface area contributed by atoms with Gasteiger partial charge in [0.1, 0.15) is 0 Å². The molecule has 0 bridgehead atoms. The van der Waals surface area contributed by atoms with E-state index in [1.807, 2.05) is 0 Å². The van der Waals surface area contributed by atoms with E-state index in [4.69, 9.17) is 0 Å². The molecular weight excluding hydrogens is 188 g/mol. The van der Waals surface area contributed by atoms with Crippen LogP contribution in [0.4, 0.5) is 0 Å². The van der Waals surface area contributed by atoms with Crippen LogP contribution in [0.1, 0.15) is 53.4 Å². The van der Waals surface area contributed by atoms with Crippen LogP contribution < -0.4 is 10.6 Å². The molecule has 3 heteroatoms. The molecule has 2 N–H and O–H groups in total. The van der Waals surface area contributed by atoms with E-state index < -0.39 is 0 Å².